The Morgan fingerprint density at radius 2 is 2.18 bits per heavy atom. The van der Waals surface area contributed by atoms with Crippen molar-refractivity contribution in [3.05, 3.63) is 34.9 Å². The van der Waals surface area contributed by atoms with Crippen molar-refractivity contribution in [2.45, 2.75) is 38.3 Å². The van der Waals surface area contributed by atoms with Gasteiger partial charge in [-0.05, 0) is 43.4 Å². The zero-order valence-electron chi connectivity index (χ0n) is 9.62. The molecule has 4 heteroatoms. The van der Waals surface area contributed by atoms with Crippen LogP contribution in [0.4, 0.5) is 4.79 Å². The molecule has 17 heavy (non-hydrogen) atoms. The van der Waals surface area contributed by atoms with Crippen LogP contribution in [0, 0.1) is 0 Å². The summed E-state index contributed by atoms with van der Waals surface area (Å²) >= 11 is 5.85. The summed E-state index contributed by atoms with van der Waals surface area (Å²) in [7, 11) is 0. The Hall–Kier alpha value is -1.22. The number of carbonyl (C=O) groups is 1. The van der Waals surface area contributed by atoms with Crippen LogP contribution in [0.1, 0.15) is 31.2 Å². The Bertz CT molecular complexity index is 389. The molecule has 0 spiro atoms. The van der Waals surface area contributed by atoms with Gasteiger partial charge < -0.3 is 10.1 Å². The maximum absolute atomic E-state index is 11.5. The van der Waals surface area contributed by atoms with E-state index in [4.69, 9.17) is 16.3 Å². The number of ether oxygens (including phenoxy) is 1. The Morgan fingerprint density at radius 3 is 2.88 bits per heavy atom. The van der Waals surface area contributed by atoms with E-state index in [1.165, 1.54) is 0 Å². The smallest absolute Gasteiger partial charge is 0.407 e. The van der Waals surface area contributed by atoms with Gasteiger partial charge in [-0.3, -0.25) is 0 Å². The number of halogens is 1. The van der Waals surface area contributed by atoms with Crippen molar-refractivity contribution in [3.8, 4) is 0 Å². The summed E-state index contributed by atoms with van der Waals surface area (Å²) < 4.78 is 5.28. The van der Waals surface area contributed by atoms with Crippen LogP contribution >= 0.6 is 11.6 Å². The number of alkyl carbamates (subject to hydrolysis) is 1. The lowest BCUT2D eigenvalue weighted by molar-refractivity contribution is 0.101. The average molecular weight is 254 g/mol. The molecule has 0 heterocycles. The van der Waals surface area contributed by atoms with Crippen LogP contribution in [-0.4, -0.2) is 12.2 Å². The summed E-state index contributed by atoms with van der Waals surface area (Å²) in [6.07, 6.45) is 4.07. The highest BCUT2D eigenvalue weighted by Crippen LogP contribution is 2.20. The molecule has 0 aliphatic heterocycles. The molecule has 0 atom stereocenters. The summed E-state index contributed by atoms with van der Waals surface area (Å²) in [5.41, 5.74) is 0.973. The van der Waals surface area contributed by atoms with Gasteiger partial charge >= 0.3 is 6.09 Å². The molecule has 1 fully saturated rings. The molecule has 1 aliphatic carbocycles. The second kappa shape index (κ2) is 5.92. The predicted octanol–water partition coefficient (Wildman–Crippen LogP) is 3.51. The molecule has 0 saturated heterocycles. The molecule has 1 N–H and O–H groups in total. The summed E-state index contributed by atoms with van der Waals surface area (Å²) in [6.45, 7) is 0.451. The van der Waals surface area contributed by atoms with Crippen molar-refractivity contribution < 1.29 is 9.53 Å². The highest BCUT2D eigenvalue weighted by Gasteiger charge is 2.18. The molecular weight excluding hydrogens is 238 g/mol. The van der Waals surface area contributed by atoms with Gasteiger partial charge in [0.15, 0.2) is 0 Å². The van der Waals surface area contributed by atoms with E-state index in [0.717, 1.165) is 31.2 Å². The third kappa shape index (κ3) is 3.93. The van der Waals surface area contributed by atoms with E-state index >= 15 is 0 Å². The second-order valence-electron chi connectivity index (χ2n) is 4.30. The largest absolute Gasteiger partial charge is 0.446 e. The fourth-order valence-corrected chi connectivity index (χ4v) is 2.23. The maximum Gasteiger partial charge on any atom is 0.407 e. The second-order valence-corrected chi connectivity index (χ2v) is 4.73. The summed E-state index contributed by atoms with van der Waals surface area (Å²) in [4.78, 5) is 11.5. The number of hydrogen-bond donors (Lipinski definition) is 1. The SMILES string of the molecule is O=C(NCc1cccc(Cl)c1)OC1CCCC1. The summed E-state index contributed by atoms with van der Waals surface area (Å²) in [5, 5.41) is 3.41. The molecule has 2 rings (SSSR count). The molecule has 0 radical (unpaired) electrons. The molecule has 0 unspecified atom stereocenters. The third-order valence-electron chi connectivity index (χ3n) is 2.90. The van der Waals surface area contributed by atoms with E-state index in [1.54, 1.807) is 0 Å². The number of amides is 1. The van der Waals surface area contributed by atoms with E-state index < -0.39 is 0 Å². The van der Waals surface area contributed by atoms with Gasteiger partial charge in [-0.25, -0.2) is 4.79 Å². The standard InChI is InChI=1S/C13H16ClNO2/c14-11-5-3-4-10(8-11)9-15-13(16)17-12-6-1-2-7-12/h3-5,8,12H,1-2,6-7,9H2,(H,15,16). The topological polar surface area (TPSA) is 38.3 Å². The van der Waals surface area contributed by atoms with Gasteiger partial charge in [0.1, 0.15) is 6.10 Å². The molecule has 1 aliphatic rings. The molecule has 1 saturated carbocycles. The van der Waals surface area contributed by atoms with Gasteiger partial charge in [0.05, 0.1) is 0 Å². The van der Waals surface area contributed by atoms with E-state index in [9.17, 15) is 4.79 Å². The van der Waals surface area contributed by atoms with Crippen LogP contribution in [0.5, 0.6) is 0 Å². The first-order valence-electron chi connectivity index (χ1n) is 5.93. The van der Waals surface area contributed by atoms with E-state index in [2.05, 4.69) is 5.32 Å². The molecule has 1 aromatic carbocycles. The average Bonchev–Trinajstić information content (AvgIpc) is 2.79. The molecule has 0 bridgehead atoms. The predicted molar refractivity (Wildman–Crippen MR) is 67.0 cm³/mol. The molecule has 3 nitrogen and oxygen atoms in total. The lowest BCUT2D eigenvalue weighted by atomic mass is 10.2. The van der Waals surface area contributed by atoms with Crippen molar-refractivity contribution in [2.24, 2.45) is 0 Å². The Kier molecular flexibility index (Phi) is 4.26. The monoisotopic (exact) mass is 253 g/mol. The zero-order chi connectivity index (χ0) is 12.1. The maximum atomic E-state index is 11.5. The van der Waals surface area contributed by atoms with Crippen molar-refractivity contribution in [2.75, 3.05) is 0 Å². The first-order valence-corrected chi connectivity index (χ1v) is 6.31. The van der Waals surface area contributed by atoms with E-state index in [-0.39, 0.29) is 12.2 Å². The summed E-state index contributed by atoms with van der Waals surface area (Å²) in [5.74, 6) is 0. The van der Waals surface area contributed by atoms with Gasteiger partial charge in [-0.1, -0.05) is 23.7 Å². The minimum absolute atomic E-state index is 0.106. The van der Waals surface area contributed by atoms with E-state index in [0.29, 0.717) is 11.6 Å². The highest BCUT2D eigenvalue weighted by atomic mass is 35.5. The van der Waals surface area contributed by atoms with Gasteiger partial charge in [-0.15, -0.1) is 0 Å². The zero-order valence-corrected chi connectivity index (χ0v) is 10.4. The Balaban J connectivity index is 1.75. The van der Waals surface area contributed by atoms with Crippen LogP contribution in [0.25, 0.3) is 0 Å². The van der Waals surface area contributed by atoms with Crippen LogP contribution in [0.3, 0.4) is 0 Å². The van der Waals surface area contributed by atoms with Crippen LogP contribution < -0.4 is 5.32 Å². The number of hydrogen-bond acceptors (Lipinski definition) is 2. The fraction of sp³-hybridized carbons (Fsp3) is 0.462. The van der Waals surface area contributed by atoms with Crippen molar-refractivity contribution in [1.82, 2.24) is 5.32 Å². The molecule has 0 aromatic heterocycles. The molecule has 1 amide bonds. The minimum Gasteiger partial charge on any atom is -0.446 e. The summed E-state index contributed by atoms with van der Waals surface area (Å²) in [6, 6.07) is 7.42. The Morgan fingerprint density at radius 1 is 1.41 bits per heavy atom. The number of rotatable bonds is 3. The third-order valence-corrected chi connectivity index (χ3v) is 3.14. The fourth-order valence-electron chi connectivity index (χ4n) is 2.02. The number of carbonyl (C=O) groups excluding carboxylic acids is 1. The first kappa shape index (κ1) is 12.2. The normalized spacial score (nSPS) is 15.8. The van der Waals surface area contributed by atoms with Crippen molar-refractivity contribution in [3.63, 3.8) is 0 Å². The molecule has 92 valence electrons. The van der Waals surface area contributed by atoms with Crippen molar-refractivity contribution in [1.29, 1.82) is 0 Å². The van der Waals surface area contributed by atoms with Gasteiger partial charge in [0.2, 0.25) is 0 Å². The first-order chi connectivity index (χ1) is 8.24. The highest BCUT2D eigenvalue weighted by molar-refractivity contribution is 6.30. The van der Waals surface area contributed by atoms with Crippen LogP contribution in [0.15, 0.2) is 24.3 Å². The molecular formula is C13H16ClNO2. The minimum atomic E-state index is -0.336. The lowest BCUT2D eigenvalue weighted by Crippen LogP contribution is -2.27. The number of nitrogens with one attached hydrogen (secondary N) is 1. The quantitative estimate of drug-likeness (QED) is 0.895. The number of benzene rings is 1. The Labute approximate surface area is 106 Å². The van der Waals surface area contributed by atoms with Crippen LogP contribution in [-0.2, 0) is 11.3 Å². The van der Waals surface area contributed by atoms with Gasteiger partial charge in [-0.2, -0.15) is 0 Å². The lowest BCUT2D eigenvalue weighted by Gasteiger charge is -2.12. The molecule has 1 aromatic rings. The van der Waals surface area contributed by atoms with Gasteiger partial charge in [0, 0.05) is 11.6 Å². The van der Waals surface area contributed by atoms with Gasteiger partial charge in [0.25, 0.3) is 0 Å². The van der Waals surface area contributed by atoms with Crippen LogP contribution in [0.2, 0.25) is 5.02 Å². The van der Waals surface area contributed by atoms with E-state index in [1.807, 2.05) is 24.3 Å². The van der Waals surface area contributed by atoms with Crippen molar-refractivity contribution >= 4 is 17.7 Å².